The van der Waals surface area contributed by atoms with Crippen molar-refractivity contribution in [1.82, 2.24) is 9.78 Å². The average Bonchev–Trinajstić information content (AvgIpc) is 3.03. The van der Waals surface area contributed by atoms with Gasteiger partial charge in [0.1, 0.15) is 0 Å². The third kappa shape index (κ3) is 3.30. The molecule has 0 atom stereocenters. The van der Waals surface area contributed by atoms with Gasteiger partial charge < -0.3 is 9.31 Å². The summed E-state index contributed by atoms with van der Waals surface area (Å²) in [5.41, 5.74) is 3.28. The van der Waals surface area contributed by atoms with Crippen molar-refractivity contribution in [3.8, 4) is 0 Å². The van der Waals surface area contributed by atoms with Crippen LogP contribution in [0.5, 0.6) is 0 Å². The predicted octanol–water partition coefficient (Wildman–Crippen LogP) is 5.11. The molecule has 0 N–H and O–H groups in total. The summed E-state index contributed by atoms with van der Waals surface area (Å²) in [6.07, 6.45) is 0. The van der Waals surface area contributed by atoms with Crippen LogP contribution in [0.25, 0.3) is 10.9 Å². The highest BCUT2D eigenvalue weighted by Crippen LogP contribution is 2.36. The van der Waals surface area contributed by atoms with Crippen LogP contribution in [0.15, 0.2) is 40.9 Å². The van der Waals surface area contributed by atoms with Gasteiger partial charge in [-0.15, -0.1) is 0 Å². The number of benzene rings is 2. The lowest BCUT2D eigenvalue weighted by Crippen LogP contribution is -2.41. The Morgan fingerprint density at radius 3 is 2.43 bits per heavy atom. The molecule has 1 fully saturated rings. The standard InChI is InChI=1S/C21H23BBrClN2O2/c1-13-15-10-9-14(22-27-20(2,3)21(4,5)28-22)11-19(15)26(25-13)12-16-17(23)7-6-8-18(16)24/h6-11H,12H2,1-5H3. The van der Waals surface area contributed by atoms with Crippen LogP contribution in [0.2, 0.25) is 5.02 Å². The first-order valence-corrected chi connectivity index (χ1v) is 10.5. The number of halogens is 2. The van der Waals surface area contributed by atoms with E-state index in [1.54, 1.807) is 0 Å². The summed E-state index contributed by atoms with van der Waals surface area (Å²) in [5.74, 6) is 0. The third-order valence-corrected chi connectivity index (χ3v) is 6.95. The monoisotopic (exact) mass is 460 g/mol. The highest BCUT2D eigenvalue weighted by Gasteiger charge is 2.51. The number of rotatable bonds is 3. The minimum atomic E-state index is -0.398. The Kier molecular flexibility index (Phi) is 4.90. The van der Waals surface area contributed by atoms with Gasteiger partial charge in [-0.1, -0.05) is 45.7 Å². The zero-order valence-corrected chi connectivity index (χ0v) is 19.1. The lowest BCUT2D eigenvalue weighted by atomic mass is 9.79. The highest BCUT2D eigenvalue weighted by molar-refractivity contribution is 9.10. The number of aromatic nitrogens is 2. The topological polar surface area (TPSA) is 36.3 Å². The maximum Gasteiger partial charge on any atom is 0.494 e. The van der Waals surface area contributed by atoms with E-state index in [1.807, 2.05) is 29.8 Å². The number of nitrogens with zero attached hydrogens (tertiary/aromatic N) is 2. The van der Waals surface area contributed by atoms with E-state index < -0.39 is 7.12 Å². The van der Waals surface area contributed by atoms with E-state index in [-0.39, 0.29) is 11.2 Å². The van der Waals surface area contributed by atoms with E-state index in [0.29, 0.717) is 6.54 Å². The lowest BCUT2D eigenvalue weighted by Gasteiger charge is -2.32. The molecular formula is C21H23BBrClN2O2. The maximum absolute atomic E-state index is 6.42. The van der Waals surface area contributed by atoms with E-state index in [4.69, 9.17) is 26.0 Å². The molecule has 0 saturated carbocycles. The Morgan fingerprint density at radius 2 is 1.79 bits per heavy atom. The van der Waals surface area contributed by atoms with Crippen LogP contribution in [0, 0.1) is 6.92 Å². The van der Waals surface area contributed by atoms with Gasteiger partial charge in [0.05, 0.1) is 29.0 Å². The first-order chi connectivity index (χ1) is 13.1. The van der Waals surface area contributed by atoms with Gasteiger partial charge in [0.15, 0.2) is 0 Å². The minimum absolute atomic E-state index is 0.370. The van der Waals surface area contributed by atoms with Crippen LogP contribution >= 0.6 is 27.5 Å². The summed E-state index contributed by atoms with van der Waals surface area (Å²) in [4.78, 5) is 0. The van der Waals surface area contributed by atoms with Crippen molar-refractivity contribution in [3.63, 3.8) is 0 Å². The minimum Gasteiger partial charge on any atom is -0.399 e. The first-order valence-electron chi connectivity index (χ1n) is 9.35. The Morgan fingerprint density at radius 1 is 1.11 bits per heavy atom. The molecule has 1 aromatic heterocycles. The van der Waals surface area contributed by atoms with Crippen LogP contribution in [0.4, 0.5) is 0 Å². The summed E-state index contributed by atoms with van der Waals surface area (Å²) in [7, 11) is -0.398. The molecule has 146 valence electrons. The van der Waals surface area contributed by atoms with Crippen LogP contribution in [0.1, 0.15) is 39.0 Å². The Hall–Kier alpha value is -1.34. The van der Waals surface area contributed by atoms with Gasteiger partial charge >= 0.3 is 7.12 Å². The quantitative estimate of drug-likeness (QED) is 0.509. The summed E-state index contributed by atoms with van der Waals surface area (Å²) >= 11 is 10.0. The molecule has 0 unspecified atom stereocenters. The lowest BCUT2D eigenvalue weighted by molar-refractivity contribution is 0.00578. The van der Waals surface area contributed by atoms with Gasteiger partial charge in [-0.05, 0) is 58.3 Å². The van der Waals surface area contributed by atoms with Crippen LogP contribution in [-0.2, 0) is 15.9 Å². The molecule has 0 radical (unpaired) electrons. The van der Waals surface area contributed by atoms with E-state index in [2.05, 4.69) is 61.8 Å². The molecule has 28 heavy (non-hydrogen) atoms. The fourth-order valence-corrected chi connectivity index (χ4v) is 4.28. The summed E-state index contributed by atoms with van der Waals surface area (Å²) in [6.45, 7) is 10.9. The van der Waals surface area contributed by atoms with Crippen LogP contribution in [0.3, 0.4) is 0 Å². The smallest absolute Gasteiger partial charge is 0.399 e. The molecule has 7 heteroatoms. The van der Waals surface area contributed by atoms with E-state index >= 15 is 0 Å². The predicted molar refractivity (Wildman–Crippen MR) is 118 cm³/mol. The molecule has 0 bridgehead atoms. The normalized spacial score (nSPS) is 18.2. The summed E-state index contributed by atoms with van der Waals surface area (Å²) in [5, 5.41) is 6.58. The Labute approximate surface area is 179 Å². The van der Waals surface area contributed by atoms with Crippen LogP contribution < -0.4 is 5.46 Å². The molecule has 4 nitrogen and oxygen atoms in total. The second kappa shape index (κ2) is 6.87. The zero-order chi connectivity index (χ0) is 20.3. The molecule has 1 saturated heterocycles. The molecule has 1 aliphatic heterocycles. The van der Waals surface area contributed by atoms with Crippen molar-refractivity contribution in [3.05, 3.63) is 57.2 Å². The van der Waals surface area contributed by atoms with Gasteiger partial charge in [0.2, 0.25) is 0 Å². The van der Waals surface area contributed by atoms with Crippen molar-refractivity contribution in [2.45, 2.75) is 52.4 Å². The third-order valence-electron chi connectivity index (χ3n) is 5.86. The number of aryl methyl sites for hydroxylation is 1. The maximum atomic E-state index is 6.42. The molecule has 0 aliphatic carbocycles. The Bertz CT molecular complexity index is 1030. The molecule has 3 aromatic rings. The molecule has 2 aromatic carbocycles. The summed E-state index contributed by atoms with van der Waals surface area (Å²) < 4.78 is 15.4. The van der Waals surface area contributed by atoms with Crippen molar-refractivity contribution in [1.29, 1.82) is 0 Å². The first kappa shape index (κ1) is 20.0. The van der Waals surface area contributed by atoms with E-state index in [9.17, 15) is 0 Å². The van der Waals surface area contributed by atoms with Crippen molar-refractivity contribution in [2.75, 3.05) is 0 Å². The van der Waals surface area contributed by atoms with Crippen molar-refractivity contribution >= 4 is 51.0 Å². The second-order valence-electron chi connectivity index (χ2n) is 8.31. The number of fused-ring (bicyclic) bond motifs is 1. The summed E-state index contributed by atoms with van der Waals surface area (Å²) in [6, 6.07) is 12.1. The van der Waals surface area contributed by atoms with E-state index in [1.165, 1.54) is 0 Å². The SMILES string of the molecule is Cc1nn(Cc2c(Cl)cccc2Br)c2cc(B3OC(C)(C)C(C)(C)O3)ccc12. The largest absolute Gasteiger partial charge is 0.494 e. The van der Waals surface area contributed by atoms with Crippen LogP contribution in [-0.4, -0.2) is 28.1 Å². The van der Waals surface area contributed by atoms with Crippen molar-refractivity contribution in [2.24, 2.45) is 0 Å². The van der Waals surface area contributed by atoms with Gasteiger partial charge in [0.25, 0.3) is 0 Å². The fraction of sp³-hybridized carbons (Fsp3) is 0.381. The zero-order valence-electron chi connectivity index (χ0n) is 16.7. The molecule has 1 aliphatic rings. The van der Waals surface area contributed by atoms with Gasteiger partial charge in [-0.3, -0.25) is 4.68 Å². The van der Waals surface area contributed by atoms with Gasteiger partial charge in [-0.25, -0.2) is 0 Å². The van der Waals surface area contributed by atoms with E-state index in [0.717, 1.165) is 37.1 Å². The molecule has 2 heterocycles. The Balaban J connectivity index is 1.75. The van der Waals surface area contributed by atoms with Crippen molar-refractivity contribution < 1.29 is 9.31 Å². The fourth-order valence-electron chi connectivity index (χ4n) is 3.44. The molecule has 4 rings (SSSR count). The molecule has 0 amide bonds. The molecular weight excluding hydrogens is 438 g/mol. The number of hydrogen-bond donors (Lipinski definition) is 0. The van der Waals surface area contributed by atoms with Gasteiger partial charge in [-0.2, -0.15) is 5.10 Å². The number of hydrogen-bond acceptors (Lipinski definition) is 3. The second-order valence-corrected chi connectivity index (χ2v) is 9.57. The molecule has 0 spiro atoms. The van der Waals surface area contributed by atoms with Gasteiger partial charge in [0, 0.05) is 20.4 Å². The highest BCUT2D eigenvalue weighted by atomic mass is 79.9. The average molecular weight is 462 g/mol.